The van der Waals surface area contributed by atoms with Gasteiger partial charge in [0.1, 0.15) is 5.52 Å². The first-order valence-electron chi connectivity index (χ1n) is 7.97. The molecule has 0 spiro atoms. The van der Waals surface area contributed by atoms with E-state index in [-0.39, 0.29) is 42.6 Å². The molecule has 7 nitrogen and oxygen atoms in total. The Kier molecular flexibility index (Phi) is 6.28. The van der Waals surface area contributed by atoms with Crippen LogP contribution in [0.25, 0.3) is 11.1 Å². The summed E-state index contributed by atoms with van der Waals surface area (Å²) >= 11 is 0. The number of oxazole rings is 1. The van der Waals surface area contributed by atoms with Gasteiger partial charge in [-0.15, -0.1) is 24.8 Å². The second-order valence-corrected chi connectivity index (χ2v) is 6.22. The average molecular weight is 398 g/mol. The molecule has 0 aliphatic carbocycles. The predicted octanol–water partition coefficient (Wildman–Crippen LogP) is 2.66. The first-order chi connectivity index (χ1) is 11.6. The molecule has 2 atom stereocenters. The molecule has 1 aliphatic heterocycles. The molecule has 140 valence electrons. The lowest BCUT2D eigenvalue weighted by Gasteiger charge is -2.17. The number of nitrogens with one attached hydrogen (secondary N) is 2. The van der Waals surface area contributed by atoms with Gasteiger partial charge < -0.3 is 15.1 Å². The highest BCUT2D eigenvalue weighted by Crippen LogP contribution is 2.29. The molecule has 2 aromatic heterocycles. The molecular formula is C17H21Cl2N5O2. The Labute approximate surface area is 163 Å². The van der Waals surface area contributed by atoms with Crippen molar-refractivity contribution in [2.45, 2.75) is 12.8 Å². The average Bonchev–Trinajstić information content (AvgIpc) is 3.24. The van der Waals surface area contributed by atoms with Gasteiger partial charge in [0, 0.05) is 44.9 Å². The van der Waals surface area contributed by atoms with Gasteiger partial charge in [0.25, 0.3) is 0 Å². The molecule has 2 N–H and O–H groups in total. The van der Waals surface area contributed by atoms with E-state index in [0.717, 1.165) is 28.9 Å². The molecule has 9 heteroatoms. The summed E-state index contributed by atoms with van der Waals surface area (Å²) in [6, 6.07) is 5.51. The lowest BCUT2D eigenvalue weighted by atomic mass is 9.90. The van der Waals surface area contributed by atoms with Crippen LogP contribution in [0, 0.1) is 12.8 Å². The Hall–Kier alpha value is -2.09. The molecule has 0 bridgehead atoms. The van der Waals surface area contributed by atoms with Gasteiger partial charge in [0.15, 0.2) is 11.5 Å². The maximum Gasteiger partial charge on any atom is 0.229 e. The highest BCUT2D eigenvalue weighted by molar-refractivity contribution is 5.95. The van der Waals surface area contributed by atoms with Crippen LogP contribution >= 0.6 is 24.8 Å². The Balaban J connectivity index is 0.00000121. The quantitative estimate of drug-likeness (QED) is 0.709. The van der Waals surface area contributed by atoms with Gasteiger partial charge in [-0.05, 0) is 23.8 Å². The van der Waals surface area contributed by atoms with Crippen LogP contribution in [0.2, 0.25) is 0 Å². The molecule has 26 heavy (non-hydrogen) atoms. The number of benzene rings is 1. The van der Waals surface area contributed by atoms with Gasteiger partial charge in [-0.1, -0.05) is 0 Å². The van der Waals surface area contributed by atoms with Crippen molar-refractivity contribution in [1.82, 2.24) is 20.1 Å². The first-order valence-corrected chi connectivity index (χ1v) is 7.97. The summed E-state index contributed by atoms with van der Waals surface area (Å²) in [7, 11) is 1.88. The zero-order valence-corrected chi connectivity index (χ0v) is 16.1. The highest BCUT2D eigenvalue weighted by Gasteiger charge is 2.34. The van der Waals surface area contributed by atoms with Gasteiger partial charge in [-0.3, -0.25) is 9.48 Å². The van der Waals surface area contributed by atoms with Crippen LogP contribution in [-0.2, 0) is 11.8 Å². The monoisotopic (exact) mass is 397 g/mol. The number of hydrogen-bond donors (Lipinski definition) is 2. The van der Waals surface area contributed by atoms with Crippen LogP contribution in [0.4, 0.5) is 5.69 Å². The number of rotatable bonds is 3. The third-order valence-corrected chi connectivity index (χ3v) is 4.47. The van der Waals surface area contributed by atoms with Gasteiger partial charge in [0.2, 0.25) is 5.91 Å². The number of fused-ring (bicyclic) bond motifs is 1. The maximum atomic E-state index is 12.7. The van der Waals surface area contributed by atoms with E-state index >= 15 is 0 Å². The standard InChI is InChI=1S/C17H19N5O2.2ClH/c1-10-20-15-5-12(3-4-16(15)24-10)21-17(23)14-8-18-7-13(14)11-6-19-22(2)9-11;;/h3-6,9,13-14,18H,7-8H2,1-2H3,(H,21,23);2*1H/t13-,14+;;/m1../s1. The summed E-state index contributed by atoms with van der Waals surface area (Å²) in [5.74, 6) is 0.638. The Bertz CT molecular complexity index is 908. The zero-order valence-electron chi connectivity index (χ0n) is 14.4. The molecule has 0 saturated carbocycles. The molecule has 3 heterocycles. The first kappa shape index (κ1) is 20.2. The van der Waals surface area contributed by atoms with Crippen LogP contribution in [-0.4, -0.2) is 33.8 Å². The van der Waals surface area contributed by atoms with Crippen LogP contribution < -0.4 is 10.6 Å². The number of aromatic nitrogens is 3. The molecule has 3 aromatic rings. The molecule has 1 saturated heterocycles. The summed E-state index contributed by atoms with van der Waals surface area (Å²) in [6.07, 6.45) is 3.81. The fourth-order valence-corrected chi connectivity index (χ4v) is 3.29. The summed E-state index contributed by atoms with van der Waals surface area (Å²) < 4.78 is 7.23. The fraction of sp³-hybridized carbons (Fsp3) is 0.353. The van der Waals surface area contributed by atoms with Crippen LogP contribution in [0.5, 0.6) is 0 Å². The lowest BCUT2D eigenvalue weighted by Crippen LogP contribution is -2.28. The van der Waals surface area contributed by atoms with Crippen LogP contribution in [0.1, 0.15) is 17.4 Å². The zero-order chi connectivity index (χ0) is 16.7. The van der Waals surface area contributed by atoms with Crippen molar-refractivity contribution < 1.29 is 9.21 Å². The van der Waals surface area contributed by atoms with Gasteiger partial charge in [0.05, 0.1) is 12.1 Å². The number of halogens is 2. The number of nitrogens with zero attached hydrogens (tertiary/aromatic N) is 3. The van der Waals surface area contributed by atoms with E-state index in [1.807, 2.05) is 37.6 Å². The van der Waals surface area contributed by atoms with Crippen LogP contribution in [0.3, 0.4) is 0 Å². The number of hydrogen-bond acceptors (Lipinski definition) is 5. The van der Waals surface area contributed by atoms with E-state index in [1.165, 1.54) is 0 Å². The smallest absolute Gasteiger partial charge is 0.229 e. The minimum atomic E-state index is -0.121. The molecular weight excluding hydrogens is 377 g/mol. The molecule has 0 radical (unpaired) electrons. The number of amides is 1. The normalized spacial score (nSPS) is 19.0. The lowest BCUT2D eigenvalue weighted by molar-refractivity contribution is -0.119. The third kappa shape index (κ3) is 3.85. The van der Waals surface area contributed by atoms with Crippen molar-refractivity contribution in [3.63, 3.8) is 0 Å². The van der Waals surface area contributed by atoms with E-state index < -0.39 is 0 Å². The summed E-state index contributed by atoms with van der Waals surface area (Å²) in [6.45, 7) is 3.25. The Morgan fingerprint density at radius 2 is 2.15 bits per heavy atom. The molecule has 1 fully saturated rings. The van der Waals surface area contributed by atoms with E-state index in [9.17, 15) is 4.79 Å². The minimum absolute atomic E-state index is 0. The molecule has 0 unspecified atom stereocenters. The number of carbonyl (C=O) groups is 1. The number of aryl methyl sites for hydroxylation is 2. The van der Waals surface area contributed by atoms with E-state index in [1.54, 1.807) is 11.6 Å². The fourth-order valence-electron chi connectivity index (χ4n) is 3.29. The largest absolute Gasteiger partial charge is 0.441 e. The van der Waals surface area contributed by atoms with Crippen molar-refractivity contribution >= 4 is 47.5 Å². The Morgan fingerprint density at radius 1 is 1.35 bits per heavy atom. The van der Waals surface area contributed by atoms with Crippen molar-refractivity contribution in [3.8, 4) is 0 Å². The summed E-state index contributed by atoms with van der Waals surface area (Å²) in [4.78, 5) is 17.0. The topological polar surface area (TPSA) is 85.0 Å². The van der Waals surface area contributed by atoms with E-state index in [4.69, 9.17) is 4.42 Å². The SMILES string of the molecule is Cc1nc2cc(NC(=O)[C@H]3CNC[C@@H]3c3cnn(C)c3)ccc2o1.Cl.Cl. The second kappa shape index (κ2) is 8.07. The minimum Gasteiger partial charge on any atom is -0.441 e. The number of carbonyl (C=O) groups excluding carboxylic acids is 1. The van der Waals surface area contributed by atoms with Gasteiger partial charge in [-0.25, -0.2) is 4.98 Å². The van der Waals surface area contributed by atoms with Gasteiger partial charge in [-0.2, -0.15) is 5.10 Å². The van der Waals surface area contributed by atoms with Crippen LogP contribution in [0.15, 0.2) is 35.0 Å². The van der Waals surface area contributed by atoms with E-state index in [2.05, 4.69) is 20.7 Å². The molecule has 1 aliphatic rings. The maximum absolute atomic E-state index is 12.7. The molecule has 1 aromatic carbocycles. The van der Waals surface area contributed by atoms with E-state index in [0.29, 0.717) is 12.4 Å². The Morgan fingerprint density at radius 3 is 2.88 bits per heavy atom. The molecule has 4 rings (SSSR count). The van der Waals surface area contributed by atoms with Gasteiger partial charge >= 0.3 is 0 Å². The van der Waals surface area contributed by atoms with Crippen molar-refractivity contribution in [2.24, 2.45) is 13.0 Å². The number of anilines is 1. The summed E-state index contributed by atoms with van der Waals surface area (Å²) in [5.41, 5.74) is 3.29. The molecule has 1 amide bonds. The third-order valence-electron chi connectivity index (χ3n) is 4.47. The predicted molar refractivity (Wildman–Crippen MR) is 104 cm³/mol. The highest BCUT2D eigenvalue weighted by atomic mass is 35.5. The summed E-state index contributed by atoms with van der Waals surface area (Å²) in [5, 5.41) is 10.5. The van der Waals surface area contributed by atoms with Crippen molar-refractivity contribution in [1.29, 1.82) is 0 Å². The van der Waals surface area contributed by atoms with Crippen molar-refractivity contribution in [2.75, 3.05) is 18.4 Å². The van der Waals surface area contributed by atoms with Crippen molar-refractivity contribution in [3.05, 3.63) is 42.0 Å². The second-order valence-electron chi connectivity index (χ2n) is 6.22.